The molecule has 100 valence electrons. The zero-order valence-electron chi connectivity index (χ0n) is 10.9. The Morgan fingerprint density at radius 3 is 2.58 bits per heavy atom. The fourth-order valence-corrected chi connectivity index (χ4v) is 2.28. The largest absolute Gasteiger partial charge is 0.380 e. The van der Waals surface area contributed by atoms with Crippen molar-refractivity contribution in [2.75, 3.05) is 7.11 Å². The van der Waals surface area contributed by atoms with Crippen LogP contribution in [0.3, 0.4) is 0 Å². The van der Waals surface area contributed by atoms with E-state index in [1.807, 2.05) is 30.3 Å². The molecule has 19 heavy (non-hydrogen) atoms. The molecule has 0 atom stereocenters. The number of methoxy groups -OCH3 is 1. The third-order valence-electron chi connectivity index (χ3n) is 2.81. The highest BCUT2D eigenvalue weighted by Gasteiger charge is 2.01. The fraction of sp³-hybridized carbons (Fsp3) is 0.267. The Morgan fingerprint density at radius 1 is 1.05 bits per heavy atom. The van der Waals surface area contributed by atoms with Gasteiger partial charge in [-0.05, 0) is 39.2 Å². The Hall–Kier alpha value is -1.23. The molecule has 2 aromatic rings. The van der Waals surface area contributed by atoms with Crippen molar-refractivity contribution >= 4 is 15.9 Å². The molecule has 0 bridgehead atoms. The van der Waals surface area contributed by atoms with E-state index >= 15 is 0 Å². The first kappa shape index (κ1) is 14.2. The summed E-state index contributed by atoms with van der Waals surface area (Å²) in [7, 11) is 1.72. The Balaban J connectivity index is 1.92. The number of nitrogens with zero attached hydrogens (tertiary/aromatic N) is 1. The third kappa shape index (κ3) is 4.42. The van der Waals surface area contributed by atoms with Gasteiger partial charge in [-0.15, -0.1) is 0 Å². The van der Waals surface area contributed by atoms with Crippen molar-refractivity contribution in [2.24, 2.45) is 0 Å². The summed E-state index contributed by atoms with van der Waals surface area (Å²) in [4.78, 5) is 4.39. The number of aromatic nitrogens is 1. The first-order valence-corrected chi connectivity index (χ1v) is 6.97. The first-order chi connectivity index (χ1) is 9.29. The SMILES string of the molecule is COCc1ccccc1CNCc1cccc(Br)n1. The number of halogens is 1. The van der Waals surface area contributed by atoms with Gasteiger partial charge in [-0.25, -0.2) is 4.98 Å². The second-order valence-corrected chi connectivity index (χ2v) is 5.07. The van der Waals surface area contributed by atoms with Gasteiger partial charge >= 0.3 is 0 Å². The van der Waals surface area contributed by atoms with E-state index in [1.165, 1.54) is 11.1 Å². The molecule has 0 saturated heterocycles. The van der Waals surface area contributed by atoms with Crippen LogP contribution in [0, 0.1) is 0 Å². The van der Waals surface area contributed by atoms with Crippen LogP contribution in [0.5, 0.6) is 0 Å². The molecule has 0 aliphatic carbocycles. The van der Waals surface area contributed by atoms with Crippen molar-refractivity contribution in [3.8, 4) is 0 Å². The van der Waals surface area contributed by atoms with Crippen molar-refractivity contribution in [1.29, 1.82) is 0 Å². The van der Waals surface area contributed by atoms with Gasteiger partial charge in [0.15, 0.2) is 0 Å². The average Bonchev–Trinajstić information content (AvgIpc) is 2.41. The third-order valence-corrected chi connectivity index (χ3v) is 3.25. The van der Waals surface area contributed by atoms with Crippen molar-refractivity contribution < 1.29 is 4.74 Å². The normalized spacial score (nSPS) is 10.6. The van der Waals surface area contributed by atoms with Crippen LogP contribution in [0.25, 0.3) is 0 Å². The van der Waals surface area contributed by atoms with E-state index in [2.05, 4.69) is 38.4 Å². The topological polar surface area (TPSA) is 34.1 Å². The molecule has 0 fully saturated rings. The minimum atomic E-state index is 0.646. The molecule has 0 radical (unpaired) electrons. The van der Waals surface area contributed by atoms with Crippen LogP contribution in [0.15, 0.2) is 47.1 Å². The summed E-state index contributed by atoms with van der Waals surface area (Å²) < 4.78 is 6.07. The number of hydrogen-bond donors (Lipinski definition) is 1. The summed E-state index contributed by atoms with van der Waals surface area (Å²) in [6, 6.07) is 14.2. The lowest BCUT2D eigenvalue weighted by Crippen LogP contribution is -2.15. The van der Waals surface area contributed by atoms with E-state index < -0.39 is 0 Å². The van der Waals surface area contributed by atoms with Crippen LogP contribution in [0.2, 0.25) is 0 Å². The number of nitrogens with one attached hydrogen (secondary N) is 1. The number of pyridine rings is 1. The molecule has 1 heterocycles. The van der Waals surface area contributed by atoms with Crippen LogP contribution in [-0.4, -0.2) is 12.1 Å². The van der Waals surface area contributed by atoms with Gasteiger partial charge in [-0.2, -0.15) is 0 Å². The Kier molecular flexibility index (Phi) is 5.51. The number of benzene rings is 1. The molecule has 1 aromatic heterocycles. The van der Waals surface area contributed by atoms with Gasteiger partial charge in [0, 0.05) is 20.2 Å². The maximum absolute atomic E-state index is 5.20. The van der Waals surface area contributed by atoms with Crippen LogP contribution >= 0.6 is 15.9 Å². The molecule has 2 rings (SSSR count). The molecule has 0 amide bonds. The highest BCUT2D eigenvalue weighted by molar-refractivity contribution is 9.10. The van der Waals surface area contributed by atoms with Gasteiger partial charge < -0.3 is 10.1 Å². The van der Waals surface area contributed by atoms with Crippen LogP contribution in [0.1, 0.15) is 16.8 Å². The summed E-state index contributed by atoms with van der Waals surface area (Å²) in [5.74, 6) is 0. The smallest absolute Gasteiger partial charge is 0.106 e. The van der Waals surface area contributed by atoms with Crippen molar-refractivity contribution in [3.05, 3.63) is 63.9 Å². The lowest BCUT2D eigenvalue weighted by atomic mass is 10.1. The molecule has 0 unspecified atom stereocenters. The zero-order valence-corrected chi connectivity index (χ0v) is 12.5. The van der Waals surface area contributed by atoms with E-state index in [1.54, 1.807) is 7.11 Å². The number of hydrogen-bond acceptors (Lipinski definition) is 3. The standard InChI is InChI=1S/C15H17BrN2O/c1-19-11-13-6-3-2-5-12(13)9-17-10-14-7-4-8-15(16)18-14/h2-8,17H,9-11H2,1H3. The van der Waals surface area contributed by atoms with Crippen molar-refractivity contribution in [2.45, 2.75) is 19.7 Å². The molecular formula is C15H17BrN2O. The number of rotatable bonds is 6. The second kappa shape index (κ2) is 7.38. The summed E-state index contributed by atoms with van der Waals surface area (Å²) >= 11 is 3.38. The van der Waals surface area contributed by atoms with Gasteiger partial charge in [0.25, 0.3) is 0 Å². The minimum Gasteiger partial charge on any atom is -0.380 e. The molecule has 0 saturated carbocycles. The molecular weight excluding hydrogens is 304 g/mol. The second-order valence-electron chi connectivity index (χ2n) is 4.26. The Morgan fingerprint density at radius 2 is 1.84 bits per heavy atom. The summed E-state index contributed by atoms with van der Waals surface area (Å²) in [6.45, 7) is 2.21. The fourth-order valence-electron chi connectivity index (χ4n) is 1.90. The predicted octanol–water partition coefficient (Wildman–Crippen LogP) is 3.28. The monoisotopic (exact) mass is 320 g/mol. The highest BCUT2D eigenvalue weighted by atomic mass is 79.9. The predicted molar refractivity (Wildman–Crippen MR) is 79.6 cm³/mol. The van der Waals surface area contributed by atoms with Crippen molar-refractivity contribution in [3.63, 3.8) is 0 Å². The molecule has 1 N–H and O–H groups in total. The van der Waals surface area contributed by atoms with Gasteiger partial charge in [-0.3, -0.25) is 0 Å². The molecule has 0 aliphatic heterocycles. The summed E-state index contributed by atoms with van der Waals surface area (Å²) in [6.07, 6.45) is 0. The average molecular weight is 321 g/mol. The van der Waals surface area contributed by atoms with E-state index in [4.69, 9.17) is 4.74 Å². The van der Waals surface area contributed by atoms with Gasteiger partial charge in [-0.1, -0.05) is 30.3 Å². The van der Waals surface area contributed by atoms with Crippen LogP contribution in [-0.2, 0) is 24.4 Å². The van der Waals surface area contributed by atoms with E-state index in [0.717, 1.165) is 23.4 Å². The minimum absolute atomic E-state index is 0.646. The zero-order chi connectivity index (χ0) is 13.5. The van der Waals surface area contributed by atoms with Gasteiger partial charge in [0.05, 0.1) is 12.3 Å². The molecule has 0 spiro atoms. The van der Waals surface area contributed by atoms with Crippen molar-refractivity contribution in [1.82, 2.24) is 10.3 Å². The maximum atomic E-state index is 5.20. The van der Waals surface area contributed by atoms with Gasteiger partial charge in [0.2, 0.25) is 0 Å². The molecule has 3 nitrogen and oxygen atoms in total. The van der Waals surface area contributed by atoms with Crippen LogP contribution < -0.4 is 5.32 Å². The van der Waals surface area contributed by atoms with E-state index in [0.29, 0.717) is 6.61 Å². The summed E-state index contributed by atoms with van der Waals surface area (Å²) in [5.41, 5.74) is 3.51. The van der Waals surface area contributed by atoms with E-state index in [-0.39, 0.29) is 0 Å². The molecule has 1 aromatic carbocycles. The van der Waals surface area contributed by atoms with Gasteiger partial charge in [0.1, 0.15) is 4.60 Å². The summed E-state index contributed by atoms with van der Waals surface area (Å²) in [5, 5.41) is 3.41. The number of ether oxygens (including phenoxy) is 1. The molecule has 4 heteroatoms. The Labute approximate surface area is 122 Å². The molecule has 0 aliphatic rings. The lowest BCUT2D eigenvalue weighted by Gasteiger charge is -2.10. The maximum Gasteiger partial charge on any atom is 0.106 e. The highest BCUT2D eigenvalue weighted by Crippen LogP contribution is 2.10. The Bertz CT molecular complexity index is 531. The lowest BCUT2D eigenvalue weighted by molar-refractivity contribution is 0.184. The first-order valence-electron chi connectivity index (χ1n) is 6.17. The van der Waals surface area contributed by atoms with Crippen LogP contribution in [0.4, 0.5) is 0 Å². The van der Waals surface area contributed by atoms with E-state index in [9.17, 15) is 0 Å². The quantitative estimate of drug-likeness (QED) is 0.829.